The van der Waals surface area contributed by atoms with E-state index in [1.54, 1.807) is 12.1 Å². The number of anilines is 1. The van der Waals surface area contributed by atoms with E-state index >= 15 is 0 Å². The Hall–Kier alpha value is -3.72. The Bertz CT molecular complexity index is 1410. The molecule has 0 saturated heterocycles. The van der Waals surface area contributed by atoms with E-state index in [1.807, 2.05) is 76.2 Å². The Labute approximate surface area is 243 Å². The number of nitrogens with one attached hydrogen (secondary N) is 1. The fourth-order valence-electron chi connectivity index (χ4n) is 4.82. The second-order valence-electron chi connectivity index (χ2n) is 10.8. The van der Waals surface area contributed by atoms with Gasteiger partial charge in [0.05, 0.1) is 11.9 Å². The number of nitrogens with zero attached hydrogens (tertiary/aromatic N) is 2. The summed E-state index contributed by atoms with van der Waals surface area (Å²) >= 11 is 0. The predicted octanol–water partition coefficient (Wildman–Crippen LogP) is 5.15. The van der Waals surface area contributed by atoms with E-state index in [0.717, 1.165) is 22.9 Å². The van der Waals surface area contributed by atoms with Crippen LogP contribution in [0.25, 0.3) is 0 Å². The average Bonchev–Trinajstić information content (AvgIpc) is 2.88. The average molecular weight is 582 g/mol. The standard InChI is InChI=1S/C32H40FN3O4S/c1-23(2)34-32(38)30(21-26-10-7-6-8-11-26)35(22-27-13-15-28(33)16-14-27)31(37)12-9-17-36(41(5,39)40)29-19-24(3)18-25(4)20-29/h6-8,10-11,13-16,18-20,23,30H,9,12,17,21-22H2,1-5H3,(H,34,38)/t30-/m1/s1. The van der Waals surface area contributed by atoms with Crippen molar-refractivity contribution in [2.45, 2.75) is 65.6 Å². The van der Waals surface area contributed by atoms with Gasteiger partial charge < -0.3 is 10.2 Å². The van der Waals surface area contributed by atoms with Crippen LogP contribution in [0.4, 0.5) is 10.1 Å². The van der Waals surface area contributed by atoms with Gasteiger partial charge >= 0.3 is 0 Å². The number of halogens is 1. The van der Waals surface area contributed by atoms with Gasteiger partial charge in [-0.1, -0.05) is 48.5 Å². The highest BCUT2D eigenvalue weighted by molar-refractivity contribution is 7.92. The Morgan fingerprint density at radius 3 is 2.07 bits per heavy atom. The van der Waals surface area contributed by atoms with Crippen LogP contribution in [0.2, 0.25) is 0 Å². The Morgan fingerprint density at radius 2 is 1.51 bits per heavy atom. The summed E-state index contributed by atoms with van der Waals surface area (Å²) in [6.45, 7) is 7.74. The third-order valence-electron chi connectivity index (χ3n) is 6.61. The number of amides is 2. The first-order valence-corrected chi connectivity index (χ1v) is 15.6. The lowest BCUT2D eigenvalue weighted by Gasteiger charge is -2.32. The van der Waals surface area contributed by atoms with Gasteiger partial charge in [0.2, 0.25) is 21.8 Å². The predicted molar refractivity (Wildman–Crippen MR) is 162 cm³/mol. The topological polar surface area (TPSA) is 86.8 Å². The van der Waals surface area contributed by atoms with Crippen LogP contribution in [-0.2, 0) is 32.6 Å². The van der Waals surface area contributed by atoms with Crippen LogP contribution in [-0.4, -0.2) is 50.0 Å². The normalized spacial score (nSPS) is 12.2. The first-order chi connectivity index (χ1) is 19.3. The Balaban J connectivity index is 1.89. The smallest absolute Gasteiger partial charge is 0.243 e. The molecule has 0 unspecified atom stereocenters. The van der Waals surface area contributed by atoms with E-state index in [9.17, 15) is 22.4 Å². The summed E-state index contributed by atoms with van der Waals surface area (Å²) in [6, 6.07) is 19.9. The maximum absolute atomic E-state index is 13.8. The molecule has 3 rings (SSSR count). The van der Waals surface area contributed by atoms with E-state index in [-0.39, 0.29) is 43.8 Å². The molecule has 2 amide bonds. The Kier molecular flexibility index (Phi) is 11.1. The zero-order valence-corrected chi connectivity index (χ0v) is 25.2. The second-order valence-corrected chi connectivity index (χ2v) is 12.7. The van der Waals surface area contributed by atoms with Crippen LogP contribution < -0.4 is 9.62 Å². The molecule has 3 aromatic carbocycles. The van der Waals surface area contributed by atoms with E-state index in [1.165, 1.54) is 21.3 Å². The minimum atomic E-state index is -3.60. The summed E-state index contributed by atoms with van der Waals surface area (Å²) in [5.41, 5.74) is 4.01. The van der Waals surface area contributed by atoms with E-state index in [0.29, 0.717) is 17.7 Å². The van der Waals surface area contributed by atoms with Crippen molar-refractivity contribution in [3.05, 3.63) is 101 Å². The first kappa shape index (κ1) is 31.8. The molecule has 41 heavy (non-hydrogen) atoms. The number of carbonyl (C=O) groups excluding carboxylic acids is 2. The van der Waals surface area contributed by atoms with Crippen LogP contribution in [0.15, 0.2) is 72.8 Å². The lowest BCUT2D eigenvalue weighted by atomic mass is 10.0. The van der Waals surface area contributed by atoms with Crippen LogP contribution in [0.5, 0.6) is 0 Å². The van der Waals surface area contributed by atoms with Crippen molar-refractivity contribution >= 4 is 27.5 Å². The van der Waals surface area contributed by atoms with Gasteiger partial charge in [0.15, 0.2) is 0 Å². The summed E-state index contributed by atoms with van der Waals surface area (Å²) in [5, 5.41) is 2.94. The van der Waals surface area contributed by atoms with Gasteiger partial charge in [-0.05, 0) is 80.6 Å². The molecule has 0 aliphatic rings. The van der Waals surface area contributed by atoms with E-state index in [4.69, 9.17) is 0 Å². The van der Waals surface area contributed by atoms with Gasteiger partial charge in [0, 0.05) is 32.0 Å². The third kappa shape index (κ3) is 9.70. The quantitative estimate of drug-likeness (QED) is 0.302. The number of hydrogen-bond acceptors (Lipinski definition) is 4. The van der Waals surface area contributed by atoms with Crippen molar-refractivity contribution in [1.82, 2.24) is 10.2 Å². The van der Waals surface area contributed by atoms with Crippen molar-refractivity contribution in [2.24, 2.45) is 0 Å². The van der Waals surface area contributed by atoms with Crippen molar-refractivity contribution in [2.75, 3.05) is 17.1 Å². The number of sulfonamides is 1. The number of rotatable bonds is 13. The van der Waals surface area contributed by atoms with Gasteiger partial charge in [-0.25, -0.2) is 12.8 Å². The molecule has 0 fully saturated rings. The van der Waals surface area contributed by atoms with Gasteiger partial charge in [-0.2, -0.15) is 0 Å². The number of hydrogen-bond donors (Lipinski definition) is 1. The highest BCUT2D eigenvalue weighted by Gasteiger charge is 2.31. The van der Waals surface area contributed by atoms with Crippen molar-refractivity contribution in [3.63, 3.8) is 0 Å². The highest BCUT2D eigenvalue weighted by Crippen LogP contribution is 2.23. The van der Waals surface area contributed by atoms with Crippen LogP contribution in [0.1, 0.15) is 48.9 Å². The van der Waals surface area contributed by atoms with Crippen molar-refractivity contribution < 1.29 is 22.4 Å². The summed E-state index contributed by atoms with van der Waals surface area (Å²) in [4.78, 5) is 28.8. The summed E-state index contributed by atoms with van der Waals surface area (Å²) in [5.74, 6) is -0.965. The first-order valence-electron chi connectivity index (χ1n) is 13.8. The molecule has 3 aromatic rings. The molecule has 1 N–H and O–H groups in total. The minimum Gasteiger partial charge on any atom is -0.352 e. The highest BCUT2D eigenvalue weighted by atomic mass is 32.2. The van der Waals surface area contributed by atoms with Crippen molar-refractivity contribution in [1.29, 1.82) is 0 Å². The Morgan fingerprint density at radius 1 is 0.902 bits per heavy atom. The molecule has 220 valence electrons. The molecule has 7 nitrogen and oxygen atoms in total. The second kappa shape index (κ2) is 14.3. The van der Waals surface area contributed by atoms with Crippen LogP contribution >= 0.6 is 0 Å². The molecule has 0 heterocycles. The molecule has 1 atom stereocenters. The SMILES string of the molecule is Cc1cc(C)cc(N(CCCC(=O)N(Cc2ccc(F)cc2)[C@H](Cc2ccccc2)C(=O)NC(C)C)S(C)(=O)=O)c1. The zero-order valence-electron chi connectivity index (χ0n) is 24.4. The molecule has 0 spiro atoms. The molecule has 0 radical (unpaired) electrons. The third-order valence-corrected chi connectivity index (χ3v) is 7.81. The molecule has 0 bridgehead atoms. The maximum Gasteiger partial charge on any atom is 0.243 e. The maximum atomic E-state index is 13.8. The lowest BCUT2D eigenvalue weighted by Crippen LogP contribution is -2.51. The fraction of sp³-hybridized carbons (Fsp3) is 0.375. The minimum absolute atomic E-state index is 0.0261. The zero-order chi connectivity index (χ0) is 30.2. The van der Waals surface area contributed by atoms with Gasteiger partial charge in [-0.3, -0.25) is 13.9 Å². The van der Waals surface area contributed by atoms with Crippen LogP contribution in [0.3, 0.4) is 0 Å². The van der Waals surface area contributed by atoms with Gasteiger partial charge in [0.1, 0.15) is 11.9 Å². The molecule has 9 heteroatoms. The van der Waals surface area contributed by atoms with E-state index in [2.05, 4.69) is 5.32 Å². The molecule has 0 saturated carbocycles. The largest absolute Gasteiger partial charge is 0.352 e. The molecular weight excluding hydrogens is 541 g/mol. The molecular formula is C32H40FN3O4S. The summed E-state index contributed by atoms with van der Waals surface area (Å²) < 4.78 is 40.3. The van der Waals surface area contributed by atoms with Gasteiger partial charge in [0.25, 0.3) is 0 Å². The number of aryl methyl sites for hydroxylation is 2. The molecule has 0 aliphatic carbocycles. The number of carbonyl (C=O) groups is 2. The molecule has 0 aliphatic heterocycles. The van der Waals surface area contributed by atoms with Crippen LogP contribution in [0, 0.1) is 19.7 Å². The fourth-order valence-corrected chi connectivity index (χ4v) is 5.77. The van der Waals surface area contributed by atoms with Gasteiger partial charge in [-0.15, -0.1) is 0 Å². The summed E-state index contributed by atoms with van der Waals surface area (Å²) in [6.07, 6.45) is 1.73. The monoisotopic (exact) mass is 581 g/mol. The van der Waals surface area contributed by atoms with E-state index < -0.39 is 21.9 Å². The molecule has 0 aromatic heterocycles. The summed E-state index contributed by atoms with van der Waals surface area (Å²) in [7, 11) is -3.60. The lowest BCUT2D eigenvalue weighted by molar-refractivity contribution is -0.141. The van der Waals surface area contributed by atoms with Crippen molar-refractivity contribution in [3.8, 4) is 0 Å². The number of benzene rings is 3.